The summed E-state index contributed by atoms with van der Waals surface area (Å²) in [6, 6.07) is 7.02. The van der Waals surface area contributed by atoms with Crippen molar-refractivity contribution in [1.82, 2.24) is 9.97 Å². The van der Waals surface area contributed by atoms with Crippen LogP contribution in [0.15, 0.2) is 30.5 Å². The maximum absolute atomic E-state index is 9.05. The molecule has 2 aromatic rings. The third kappa shape index (κ3) is 3.11. The van der Waals surface area contributed by atoms with E-state index < -0.39 is 0 Å². The average Bonchev–Trinajstić information content (AvgIpc) is 2.47. The number of rotatable bonds is 5. The van der Waals surface area contributed by atoms with Crippen LogP contribution in [0.25, 0.3) is 0 Å². The van der Waals surface area contributed by atoms with Crippen molar-refractivity contribution in [3.8, 4) is 11.5 Å². The molecule has 6 heteroatoms. The van der Waals surface area contributed by atoms with Crippen LogP contribution in [0.3, 0.4) is 0 Å². The van der Waals surface area contributed by atoms with E-state index in [9.17, 15) is 0 Å². The van der Waals surface area contributed by atoms with Crippen LogP contribution in [0.1, 0.15) is 5.69 Å². The molecular formula is C13H15N3O3. The summed E-state index contributed by atoms with van der Waals surface area (Å²) in [5.41, 5.74) is 1.23. The molecule has 0 radical (unpaired) electrons. The molecule has 0 aliphatic carbocycles. The minimum absolute atomic E-state index is 0.132. The van der Waals surface area contributed by atoms with Gasteiger partial charge in [0.25, 0.3) is 0 Å². The molecule has 6 nitrogen and oxygen atoms in total. The molecule has 100 valence electrons. The zero-order valence-corrected chi connectivity index (χ0v) is 10.8. The van der Waals surface area contributed by atoms with E-state index in [2.05, 4.69) is 15.3 Å². The average molecular weight is 261 g/mol. The van der Waals surface area contributed by atoms with Gasteiger partial charge in [-0.2, -0.15) is 0 Å². The molecule has 0 saturated carbocycles. The maximum atomic E-state index is 9.05. The molecule has 0 atom stereocenters. The van der Waals surface area contributed by atoms with Crippen molar-refractivity contribution in [3.05, 3.63) is 36.2 Å². The first-order valence-electron chi connectivity index (χ1n) is 5.68. The summed E-state index contributed by atoms with van der Waals surface area (Å²) in [6.07, 6.45) is 1.58. The van der Waals surface area contributed by atoms with E-state index in [0.29, 0.717) is 28.8 Å². The number of hydrogen-bond donors (Lipinski definition) is 2. The molecule has 1 heterocycles. The third-order valence-electron chi connectivity index (χ3n) is 2.53. The predicted molar refractivity (Wildman–Crippen MR) is 70.8 cm³/mol. The van der Waals surface area contributed by atoms with Gasteiger partial charge in [0, 0.05) is 12.3 Å². The molecule has 0 aliphatic rings. The van der Waals surface area contributed by atoms with E-state index in [4.69, 9.17) is 14.6 Å². The molecule has 19 heavy (non-hydrogen) atoms. The van der Waals surface area contributed by atoms with Gasteiger partial charge in [-0.1, -0.05) is 0 Å². The molecule has 0 aliphatic heterocycles. The van der Waals surface area contributed by atoms with Gasteiger partial charge >= 0.3 is 0 Å². The summed E-state index contributed by atoms with van der Waals surface area (Å²) in [5, 5.41) is 12.1. The largest absolute Gasteiger partial charge is 0.497 e. The number of methoxy groups -OCH3 is 2. The first kappa shape index (κ1) is 13.1. The number of ether oxygens (including phenoxy) is 2. The summed E-state index contributed by atoms with van der Waals surface area (Å²) >= 11 is 0. The Hall–Kier alpha value is -2.34. The normalized spacial score (nSPS) is 10.1. The van der Waals surface area contributed by atoms with Crippen molar-refractivity contribution >= 4 is 11.6 Å². The van der Waals surface area contributed by atoms with Crippen molar-refractivity contribution in [2.24, 2.45) is 0 Å². The van der Waals surface area contributed by atoms with Crippen LogP contribution in [0.2, 0.25) is 0 Å². The highest BCUT2D eigenvalue weighted by atomic mass is 16.5. The molecule has 1 aromatic heterocycles. The highest BCUT2D eigenvalue weighted by Gasteiger charge is 2.07. The van der Waals surface area contributed by atoms with Gasteiger partial charge in [0.1, 0.15) is 11.5 Å². The van der Waals surface area contributed by atoms with Gasteiger partial charge in [-0.05, 0) is 18.2 Å². The lowest BCUT2D eigenvalue weighted by Gasteiger charge is -2.11. The number of aliphatic hydroxyl groups excluding tert-OH is 1. The second-order valence-electron chi connectivity index (χ2n) is 3.72. The number of benzene rings is 1. The first-order valence-corrected chi connectivity index (χ1v) is 5.68. The van der Waals surface area contributed by atoms with Crippen LogP contribution in [-0.4, -0.2) is 29.3 Å². The van der Waals surface area contributed by atoms with E-state index >= 15 is 0 Å². The third-order valence-corrected chi connectivity index (χ3v) is 2.53. The Morgan fingerprint density at radius 1 is 1.21 bits per heavy atom. The lowest BCUT2D eigenvalue weighted by molar-refractivity contribution is 0.277. The minimum Gasteiger partial charge on any atom is -0.497 e. The zero-order valence-electron chi connectivity index (χ0n) is 10.8. The van der Waals surface area contributed by atoms with Crippen molar-refractivity contribution in [1.29, 1.82) is 0 Å². The fraction of sp³-hybridized carbons (Fsp3) is 0.231. The minimum atomic E-state index is -0.132. The van der Waals surface area contributed by atoms with Crippen LogP contribution in [0, 0.1) is 0 Å². The van der Waals surface area contributed by atoms with E-state index in [-0.39, 0.29) is 6.61 Å². The second kappa shape index (κ2) is 6.01. The number of hydrogen-bond acceptors (Lipinski definition) is 6. The number of nitrogens with zero attached hydrogens (tertiary/aromatic N) is 2. The quantitative estimate of drug-likeness (QED) is 0.853. The monoisotopic (exact) mass is 261 g/mol. The van der Waals surface area contributed by atoms with Crippen LogP contribution in [0.4, 0.5) is 11.6 Å². The molecular weight excluding hydrogens is 246 g/mol. The first-order chi connectivity index (χ1) is 9.26. The standard InChI is InChI=1S/C13H15N3O3/c1-18-10-3-4-12(19-2)11(7-10)16-13-14-6-5-9(8-17)15-13/h3-7,17H,8H2,1-2H3,(H,14,15,16). The van der Waals surface area contributed by atoms with Crippen molar-refractivity contribution in [3.63, 3.8) is 0 Å². The predicted octanol–water partition coefficient (Wildman–Crippen LogP) is 1.73. The Labute approximate surface area is 111 Å². The Morgan fingerprint density at radius 2 is 2.05 bits per heavy atom. The Morgan fingerprint density at radius 3 is 2.74 bits per heavy atom. The van der Waals surface area contributed by atoms with Crippen molar-refractivity contribution < 1.29 is 14.6 Å². The van der Waals surface area contributed by atoms with Crippen LogP contribution >= 0.6 is 0 Å². The molecule has 0 unspecified atom stereocenters. The number of nitrogens with one attached hydrogen (secondary N) is 1. The van der Waals surface area contributed by atoms with Gasteiger partial charge in [0.2, 0.25) is 5.95 Å². The van der Waals surface area contributed by atoms with Crippen LogP contribution in [0.5, 0.6) is 11.5 Å². The molecule has 0 bridgehead atoms. The SMILES string of the molecule is COc1ccc(OC)c(Nc2nccc(CO)n2)c1. The molecule has 1 aromatic carbocycles. The highest BCUT2D eigenvalue weighted by molar-refractivity contribution is 5.64. The van der Waals surface area contributed by atoms with E-state index in [0.717, 1.165) is 0 Å². The van der Waals surface area contributed by atoms with Crippen molar-refractivity contribution in [2.75, 3.05) is 19.5 Å². The molecule has 0 amide bonds. The van der Waals surface area contributed by atoms with Crippen LogP contribution in [-0.2, 0) is 6.61 Å². The zero-order chi connectivity index (χ0) is 13.7. The smallest absolute Gasteiger partial charge is 0.227 e. The Bertz CT molecular complexity index is 561. The van der Waals surface area contributed by atoms with E-state index in [1.807, 2.05) is 0 Å². The van der Waals surface area contributed by atoms with Gasteiger partial charge in [0.05, 0.1) is 32.2 Å². The van der Waals surface area contributed by atoms with Gasteiger partial charge in [0.15, 0.2) is 0 Å². The summed E-state index contributed by atoms with van der Waals surface area (Å²) in [7, 11) is 3.17. The number of anilines is 2. The van der Waals surface area contributed by atoms with E-state index in [1.54, 1.807) is 44.7 Å². The molecule has 0 saturated heterocycles. The topological polar surface area (TPSA) is 76.5 Å². The lowest BCUT2D eigenvalue weighted by Crippen LogP contribution is -2.01. The Kier molecular flexibility index (Phi) is 4.15. The molecule has 2 N–H and O–H groups in total. The molecule has 0 spiro atoms. The Balaban J connectivity index is 2.30. The summed E-state index contributed by atoms with van der Waals surface area (Å²) < 4.78 is 10.4. The van der Waals surface area contributed by atoms with Gasteiger partial charge in [-0.25, -0.2) is 9.97 Å². The second-order valence-corrected chi connectivity index (χ2v) is 3.72. The van der Waals surface area contributed by atoms with Gasteiger partial charge in [-0.3, -0.25) is 0 Å². The van der Waals surface area contributed by atoms with Gasteiger partial charge in [-0.15, -0.1) is 0 Å². The number of aliphatic hydroxyl groups is 1. The number of aromatic nitrogens is 2. The lowest BCUT2D eigenvalue weighted by atomic mass is 10.2. The van der Waals surface area contributed by atoms with Gasteiger partial charge < -0.3 is 19.9 Å². The highest BCUT2D eigenvalue weighted by Crippen LogP contribution is 2.30. The van der Waals surface area contributed by atoms with E-state index in [1.165, 1.54) is 0 Å². The molecule has 2 rings (SSSR count). The molecule has 0 fully saturated rings. The van der Waals surface area contributed by atoms with Crippen molar-refractivity contribution in [2.45, 2.75) is 6.61 Å². The fourth-order valence-electron chi connectivity index (χ4n) is 1.58. The summed E-state index contributed by atoms with van der Waals surface area (Å²) in [5.74, 6) is 1.73. The summed E-state index contributed by atoms with van der Waals surface area (Å²) in [6.45, 7) is -0.132. The van der Waals surface area contributed by atoms with Crippen LogP contribution < -0.4 is 14.8 Å². The maximum Gasteiger partial charge on any atom is 0.227 e. The summed E-state index contributed by atoms with van der Waals surface area (Å²) in [4.78, 5) is 8.23. The fourth-order valence-corrected chi connectivity index (χ4v) is 1.58.